The van der Waals surface area contributed by atoms with Crippen LogP contribution in [-0.2, 0) is 11.0 Å². The molecule has 0 aromatic heterocycles. The van der Waals surface area contributed by atoms with Gasteiger partial charge in [-0.25, -0.2) is 4.39 Å². The molecule has 2 N–H and O–H groups in total. The molecule has 2 fully saturated rings. The molecule has 0 radical (unpaired) electrons. The van der Waals surface area contributed by atoms with Gasteiger partial charge in [-0.1, -0.05) is 48.7 Å². The van der Waals surface area contributed by atoms with Gasteiger partial charge in [-0.05, 0) is 73.7 Å². The van der Waals surface area contributed by atoms with Crippen molar-refractivity contribution in [3.63, 3.8) is 0 Å². The molecule has 5 rings (SSSR count). The Morgan fingerprint density at radius 1 is 0.913 bits per heavy atom. The summed E-state index contributed by atoms with van der Waals surface area (Å²) < 4.78 is 98.6. The Labute approximate surface area is 266 Å². The first kappa shape index (κ1) is 33.6. The third-order valence-corrected chi connectivity index (χ3v) is 9.01. The molecule has 246 valence electrons. The second-order valence-corrected chi connectivity index (χ2v) is 12.3. The van der Waals surface area contributed by atoms with Gasteiger partial charge in [0, 0.05) is 24.0 Å². The third kappa shape index (κ3) is 7.27. The molecular weight excluding hydrogens is 639 g/mol. The van der Waals surface area contributed by atoms with Crippen LogP contribution in [0.5, 0.6) is 0 Å². The van der Waals surface area contributed by atoms with Crippen molar-refractivity contribution in [3.05, 3.63) is 93.8 Å². The van der Waals surface area contributed by atoms with Gasteiger partial charge in [0.2, 0.25) is 5.91 Å². The van der Waals surface area contributed by atoms with E-state index in [9.17, 15) is 40.3 Å². The summed E-state index contributed by atoms with van der Waals surface area (Å²) in [5.41, 5.74) is -1.03. The summed E-state index contributed by atoms with van der Waals surface area (Å²) >= 11 is 6.15. The van der Waals surface area contributed by atoms with E-state index >= 15 is 0 Å². The summed E-state index contributed by atoms with van der Waals surface area (Å²) in [6, 6.07) is 11.9. The minimum atomic E-state index is -4.86. The Hall–Kier alpha value is -3.80. The summed E-state index contributed by atoms with van der Waals surface area (Å²) in [6.45, 7) is 0.342. The van der Waals surface area contributed by atoms with Crippen molar-refractivity contribution in [1.82, 2.24) is 4.90 Å². The molecule has 3 aromatic rings. The first-order valence-corrected chi connectivity index (χ1v) is 15.2. The van der Waals surface area contributed by atoms with Crippen LogP contribution in [0.15, 0.2) is 60.7 Å². The maximum Gasteiger partial charge on any atom is 0.416 e. The average Bonchev–Trinajstić information content (AvgIpc) is 3.50. The zero-order valence-electron chi connectivity index (χ0n) is 24.6. The molecule has 1 aliphatic heterocycles. The maximum atomic E-state index is 14.9. The monoisotopic (exact) mass is 669 g/mol. The maximum absolute atomic E-state index is 14.9. The minimum Gasteiger partial charge on any atom is -0.382 e. The molecule has 0 unspecified atom stereocenters. The van der Waals surface area contributed by atoms with Crippen LogP contribution in [0.4, 0.5) is 42.1 Å². The van der Waals surface area contributed by atoms with Crippen LogP contribution in [0.3, 0.4) is 0 Å². The molecule has 3 atom stereocenters. The van der Waals surface area contributed by atoms with Crippen LogP contribution in [0.25, 0.3) is 0 Å². The number of nitrogens with zero attached hydrogens (tertiary/aromatic N) is 1. The molecule has 1 saturated carbocycles. The van der Waals surface area contributed by atoms with Gasteiger partial charge in [0.25, 0.3) is 5.91 Å². The zero-order valence-corrected chi connectivity index (χ0v) is 25.4. The molecule has 2 amide bonds. The number of alkyl halides is 6. The lowest BCUT2D eigenvalue weighted by atomic mass is 9.78. The smallest absolute Gasteiger partial charge is 0.382 e. The standard InChI is InChI=1S/C33H31ClF7N3O2/c1-18-9-12-23(16-25(18)33(39,40)41)43-30(45)24-15-20(32(36,37)38)17-44(31(46)28-26(34)7-4-8-27(28)35)29(24)19-10-13-22(14-11-19)42-21-5-2-3-6-21/h4,7-14,16,20-21,24,29,42H,2-3,5-6,15,17H2,1H3,(H,43,45)/t20-,24+,29+/m1/s1. The second-order valence-electron chi connectivity index (χ2n) is 11.8. The largest absolute Gasteiger partial charge is 0.416 e. The number of anilines is 2. The molecule has 5 nitrogen and oxygen atoms in total. The zero-order chi connectivity index (χ0) is 33.4. The molecule has 46 heavy (non-hydrogen) atoms. The van der Waals surface area contributed by atoms with Crippen LogP contribution in [0.1, 0.15) is 65.2 Å². The molecule has 3 aromatic carbocycles. The van der Waals surface area contributed by atoms with Gasteiger partial charge in [-0.3, -0.25) is 9.59 Å². The van der Waals surface area contributed by atoms with Crippen LogP contribution in [0.2, 0.25) is 5.02 Å². The number of halogens is 8. The molecule has 0 bridgehead atoms. The number of piperidine rings is 1. The number of likely N-dealkylation sites (tertiary alicyclic amines) is 1. The van der Waals surface area contributed by atoms with E-state index in [-0.39, 0.29) is 22.3 Å². The molecule has 2 aliphatic rings. The highest BCUT2D eigenvalue weighted by Gasteiger charge is 2.52. The lowest BCUT2D eigenvalue weighted by Crippen LogP contribution is -2.52. The number of hydrogen-bond donors (Lipinski definition) is 2. The second kappa shape index (κ2) is 13.1. The van der Waals surface area contributed by atoms with Crippen molar-refractivity contribution in [3.8, 4) is 0 Å². The topological polar surface area (TPSA) is 61.4 Å². The van der Waals surface area contributed by atoms with Crippen molar-refractivity contribution < 1.29 is 40.3 Å². The number of benzene rings is 3. The van der Waals surface area contributed by atoms with Crippen LogP contribution in [-0.4, -0.2) is 35.5 Å². The van der Waals surface area contributed by atoms with Gasteiger partial charge >= 0.3 is 12.4 Å². The van der Waals surface area contributed by atoms with E-state index in [0.717, 1.165) is 48.4 Å². The van der Waals surface area contributed by atoms with E-state index in [4.69, 9.17) is 11.6 Å². The Morgan fingerprint density at radius 2 is 1.57 bits per heavy atom. The van der Waals surface area contributed by atoms with Gasteiger partial charge in [-0.2, -0.15) is 26.3 Å². The average molecular weight is 670 g/mol. The summed E-state index contributed by atoms with van der Waals surface area (Å²) in [5, 5.41) is 5.42. The summed E-state index contributed by atoms with van der Waals surface area (Å²) in [6.07, 6.45) is -6.25. The number of rotatable bonds is 6. The molecule has 0 spiro atoms. The van der Waals surface area contributed by atoms with Gasteiger partial charge in [0.15, 0.2) is 0 Å². The number of aryl methyl sites for hydroxylation is 1. The number of hydrogen-bond acceptors (Lipinski definition) is 3. The summed E-state index contributed by atoms with van der Waals surface area (Å²) in [5.74, 6) is -7.01. The van der Waals surface area contributed by atoms with Crippen molar-refractivity contribution in [1.29, 1.82) is 0 Å². The Morgan fingerprint density at radius 3 is 2.17 bits per heavy atom. The normalized spacial score (nSPS) is 20.9. The summed E-state index contributed by atoms with van der Waals surface area (Å²) in [7, 11) is 0. The van der Waals surface area contributed by atoms with Gasteiger partial charge in [0.05, 0.1) is 34.0 Å². The van der Waals surface area contributed by atoms with E-state index in [1.165, 1.54) is 25.1 Å². The number of nitrogens with one attached hydrogen (secondary N) is 2. The van der Waals surface area contributed by atoms with Crippen molar-refractivity contribution >= 4 is 34.8 Å². The fourth-order valence-electron chi connectivity index (χ4n) is 6.36. The van der Waals surface area contributed by atoms with Crippen molar-refractivity contribution in [2.24, 2.45) is 11.8 Å². The Bertz CT molecular complexity index is 1570. The summed E-state index contributed by atoms with van der Waals surface area (Å²) in [4.78, 5) is 28.5. The lowest BCUT2D eigenvalue weighted by molar-refractivity contribution is -0.193. The van der Waals surface area contributed by atoms with Crippen LogP contribution >= 0.6 is 11.6 Å². The Balaban J connectivity index is 1.57. The molecule has 13 heteroatoms. The quantitative estimate of drug-likeness (QED) is 0.257. The van der Waals surface area contributed by atoms with E-state index in [0.29, 0.717) is 11.6 Å². The molecule has 1 aliphatic carbocycles. The number of amides is 2. The first-order chi connectivity index (χ1) is 21.6. The van der Waals surface area contributed by atoms with Gasteiger partial charge in [-0.15, -0.1) is 0 Å². The molecule has 1 saturated heterocycles. The van der Waals surface area contributed by atoms with E-state index in [2.05, 4.69) is 10.6 Å². The number of carbonyl (C=O) groups is 2. The highest BCUT2D eigenvalue weighted by molar-refractivity contribution is 6.33. The van der Waals surface area contributed by atoms with E-state index in [1.807, 2.05) is 0 Å². The first-order valence-electron chi connectivity index (χ1n) is 14.8. The van der Waals surface area contributed by atoms with Crippen LogP contribution < -0.4 is 10.6 Å². The van der Waals surface area contributed by atoms with E-state index in [1.54, 1.807) is 24.3 Å². The minimum absolute atomic E-state index is 0.108. The lowest BCUT2D eigenvalue weighted by Gasteiger charge is -2.45. The highest BCUT2D eigenvalue weighted by atomic mass is 35.5. The fraction of sp³-hybridized carbons (Fsp3) is 0.394. The predicted octanol–water partition coefficient (Wildman–Crippen LogP) is 9.18. The predicted molar refractivity (Wildman–Crippen MR) is 160 cm³/mol. The molecule has 1 heterocycles. The van der Waals surface area contributed by atoms with Crippen molar-refractivity contribution in [2.45, 2.75) is 63.5 Å². The highest BCUT2D eigenvalue weighted by Crippen LogP contribution is 2.46. The molecular formula is C33H31ClF7N3O2. The van der Waals surface area contributed by atoms with Crippen LogP contribution in [0, 0.1) is 24.6 Å². The van der Waals surface area contributed by atoms with Gasteiger partial charge < -0.3 is 15.5 Å². The third-order valence-electron chi connectivity index (χ3n) is 8.70. The fourth-order valence-corrected chi connectivity index (χ4v) is 6.60. The van der Waals surface area contributed by atoms with E-state index < -0.39 is 72.0 Å². The Kier molecular flexibility index (Phi) is 9.58. The van der Waals surface area contributed by atoms with Gasteiger partial charge in [0.1, 0.15) is 5.82 Å². The number of carbonyl (C=O) groups excluding carboxylic acids is 2. The SMILES string of the molecule is Cc1ccc(NC(=O)[C@H]2C[C@@H](C(F)(F)F)CN(C(=O)c3c(F)cccc3Cl)[C@H]2c2ccc(NC3CCCC3)cc2)cc1C(F)(F)F. The van der Waals surface area contributed by atoms with Crippen molar-refractivity contribution in [2.75, 3.05) is 17.2 Å².